The molecule has 0 aromatic heterocycles. The van der Waals surface area contributed by atoms with Gasteiger partial charge in [0.15, 0.2) is 0 Å². The number of nitrogens with one attached hydrogen (secondary N) is 1. The second-order valence-electron chi connectivity index (χ2n) is 7.83. The number of carbonyl (C=O) groups excluding carboxylic acids is 3. The molecule has 2 aliphatic rings. The second-order valence-corrected chi connectivity index (χ2v) is 8.75. The van der Waals surface area contributed by atoms with E-state index < -0.39 is 0 Å². The first-order valence-electron chi connectivity index (χ1n) is 9.98. The summed E-state index contributed by atoms with van der Waals surface area (Å²) in [6.45, 7) is 0.881. The lowest BCUT2D eigenvalue weighted by atomic mass is 9.64. The Morgan fingerprint density at radius 2 is 1.72 bits per heavy atom. The van der Waals surface area contributed by atoms with Gasteiger partial charge in [-0.05, 0) is 49.1 Å². The topological polar surface area (TPSA) is 66.5 Å². The summed E-state index contributed by atoms with van der Waals surface area (Å²) in [4.78, 5) is 38.4. The van der Waals surface area contributed by atoms with E-state index in [1.807, 2.05) is 12.1 Å². The minimum Gasteiger partial charge on any atom is -0.355 e. The fourth-order valence-corrected chi connectivity index (χ4v) is 4.58. The number of nitrogens with zero attached hydrogens (tertiary/aromatic N) is 1. The van der Waals surface area contributed by atoms with Crippen LogP contribution in [-0.2, 0) is 10.2 Å². The fraction of sp³-hybridized carbons (Fsp3) is 0.348. The van der Waals surface area contributed by atoms with Crippen LogP contribution in [0.4, 0.5) is 0 Å². The van der Waals surface area contributed by atoms with Gasteiger partial charge in [-0.2, -0.15) is 0 Å². The van der Waals surface area contributed by atoms with Crippen molar-refractivity contribution in [2.45, 2.75) is 37.5 Å². The van der Waals surface area contributed by atoms with Gasteiger partial charge in [0.25, 0.3) is 11.8 Å². The third kappa shape index (κ3) is 3.86. The average molecular weight is 455 g/mol. The van der Waals surface area contributed by atoms with Crippen molar-refractivity contribution in [3.05, 3.63) is 69.7 Å². The van der Waals surface area contributed by atoms with Crippen molar-refractivity contribution in [2.24, 2.45) is 0 Å². The van der Waals surface area contributed by atoms with Gasteiger partial charge in [0.1, 0.15) is 0 Å². The Bertz CT molecular complexity index is 933. The van der Waals surface area contributed by atoms with Gasteiger partial charge >= 0.3 is 0 Å². The van der Waals surface area contributed by atoms with Crippen LogP contribution in [0.15, 0.2) is 53.0 Å². The molecule has 3 amide bonds. The van der Waals surface area contributed by atoms with E-state index in [2.05, 4.69) is 33.4 Å². The van der Waals surface area contributed by atoms with Gasteiger partial charge < -0.3 is 5.32 Å². The van der Waals surface area contributed by atoms with Crippen LogP contribution in [-0.4, -0.2) is 35.7 Å². The minimum absolute atomic E-state index is 0.0158. The highest BCUT2D eigenvalue weighted by Gasteiger charge is 2.39. The standard InChI is InChI=1S/C23H23BrN2O3/c24-17-7-3-6-16(14-17)23(11-5-12-23)15-25-20(27)10-4-13-26-21(28)18-8-1-2-9-19(18)22(26)29/h1-3,6-9,14H,4-5,10-13,15H2,(H,25,27). The van der Waals surface area contributed by atoms with E-state index in [9.17, 15) is 14.4 Å². The number of rotatable bonds is 7. The summed E-state index contributed by atoms with van der Waals surface area (Å²) in [7, 11) is 0. The van der Waals surface area contributed by atoms with Crippen LogP contribution >= 0.6 is 15.9 Å². The third-order valence-corrected chi connectivity index (χ3v) is 6.53. The highest BCUT2D eigenvalue weighted by atomic mass is 79.9. The van der Waals surface area contributed by atoms with Crippen molar-refractivity contribution in [3.8, 4) is 0 Å². The molecule has 0 saturated heterocycles. The van der Waals surface area contributed by atoms with E-state index in [1.165, 1.54) is 16.9 Å². The summed E-state index contributed by atoms with van der Waals surface area (Å²) >= 11 is 3.53. The molecule has 6 heteroatoms. The maximum atomic E-state index is 12.4. The highest BCUT2D eigenvalue weighted by molar-refractivity contribution is 9.10. The summed E-state index contributed by atoms with van der Waals surface area (Å²) < 4.78 is 1.05. The number of hydrogen-bond acceptors (Lipinski definition) is 3. The van der Waals surface area contributed by atoms with Crippen LogP contribution in [0.5, 0.6) is 0 Å². The molecule has 2 aromatic rings. The maximum Gasteiger partial charge on any atom is 0.261 e. The van der Waals surface area contributed by atoms with Crippen LogP contribution in [0.25, 0.3) is 0 Å². The van der Waals surface area contributed by atoms with E-state index in [-0.39, 0.29) is 29.7 Å². The van der Waals surface area contributed by atoms with Gasteiger partial charge in [-0.3, -0.25) is 19.3 Å². The normalized spacial score (nSPS) is 17.1. The van der Waals surface area contributed by atoms with Crippen molar-refractivity contribution in [2.75, 3.05) is 13.1 Å². The third-order valence-electron chi connectivity index (χ3n) is 6.04. The molecule has 4 rings (SSSR count). The summed E-state index contributed by atoms with van der Waals surface area (Å²) in [5.74, 6) is -0.578. The Kier molecular flexibility index (Phi) is 5.54. The molecule has 1 fully saturated rings. The number of halogens is 1. The molecule has 0 atom stereocenters. The molecule has 0 radical (unpaired) electrons. The smallest absolute Gasteiger partial charge is 0.261 e. The predicted molar refractivity (Wildman–Crippen MR) is 114 cm³/mol. The van der Waals surface area contributed by atoms with E-state index in [4.69, 9.17) is 0 Å². The van der Waals surface area contributed by atoms with E-state index >= 15 is 0 Å². The molecule has 150 valence electrons. The van der Waals surface area contributed by atoms with Gasteiger partial charge in [0.05, 0.1) is 11.1 Å². The first-order valence-corrected chi connectivity index (χ1v) is 10.8. The predicted octanol–water partition coefficient (Wildman–Crippen LogP) is 4.06. The molecule has 5 nitrogen and oxygen atoms in total. The summed E-state index contributed by atoms with van der Waals surface area (Å²) in [6, 6.07) is 15.1. The summed E-state index contributed by atoms with van der Waals surface area (Å²) in [5.41, 5.74) is 2.16. The van der Waals surface area contributed by atoms with Crippen molar-refractivity contribution in [3.63, 3.8) is 0 Å². The van der Waals surface area contributed by atoms with Crippen molar-refractivity contribution < 1.29 is 14.4 Å². The Balaban J connectivity index is 1.28. The van der Waals surface area contributed by atoms with E-state index in [0.29, 0.717) is 30.5 Å². The molecule has 0 bridgehead atoms. The Labute approximate surface area is 178 Å². The van der Waals surface area contributed by atoms with Gasteiger partial charge in [-0.1, -0.05) is 46.6 Å². The molecule has 1 aliphatic carbocycles. The van der Waals surface area contributed by atoms with Crippen LogP contribution in [0.1, 0.15) is 58.4 Å². The molecule has 1 aliphatic heterocycles. The zero-order valence-corrected chi connectivity index (χ0v) is 17.7. The monoisotopic (exact) mass is 454 g/mol. The van der Waals surface area contributed by atoms with Gasteiger partial charge in [-0.15, -0.1) is 0 Å². The van der Waals surface area contributed by atoms with Gasteiger partial charge in [0, 0.05) is 29.4 Å². The van der Waals surface area contributed by atoms with Crippen molar-refractivity contribution in [1.82, 2.24) is 10.2 Å². The lowest BCUT2D eigenvalue weighted by Crippen LogP contribution is -2.45. The van der Waals surface area contributed by atoms with Gasteiger partial charge in [0.2, 0.25) is 5.91 Å². The summed E-state index contributed by atoms with van der Waals surface area (Å²) in [6.07, 6.45) is 4.06. The Morgan fingerprint density at radius 3 is 2.31 bits per heavy atom. The lowest BCUT2D eigenvalue weighted by molar-refractivity contribution is -0.121. The minimum atomic E-state index is -0.269. The van der Waals surface area contributed by atoms with E-state index in [0.717, 1.165) is 17.3 Å². The van der Waals surface area contributed by atoms with Crippen LogP contribution in [0.3, 0.4) is 0 Å². The fourth-order valence-electron chi connectivity index (χ4n) is 4.19. The van der Waals surface area contributed by atoms with Crippen molar-refractivity contribution >= 4 is 33.7 Å². The van der Waals surface area contributed by atoms with Crippen LogP contribution < -0.4 is 5.32 Å². The molecule has 0 spiro atoms. The average Bonchev–Trinajstić information content (AvgIpc) is 2.92. The Morgan fingerprint density at radius 1 is 1.03 bits per heavy atom. The number of carbonyl (C=O) groups is 3. The lowest BCUT2D eigenvalue weighted by Gasteiger charge is -2.42. The highest BCUT2D eigenvalue weighted by Crippen LogP contribution is 2.43. The zero-order chi connectivity index (χ0) is 20.4. The first kappa shape index (κ1) is 19.8. The molecule has 1 N–H and O–H groups in total. The largest absolute Gasteiger partial charge is 0.355 e. The molecular weight excluding hydrogens is 432 g/mol. The number of benzene rings is 2. The summed E-state index contributed by atoms with van der Waals surface area (Å²) in [5, 5.41) is 3.07. The van der Waals surface area contributed by atoms with Gasteiger partial charge in [-0.25, -0.2) is 0 Å². The van der Waals surface area contributed by atoms with E-state index in [1.54, 1.807) is 24.3 Å². The molecule has 1 heterocycles. The SMILES string of the molecule is O=C(CCCN1C(=O)c2ccccc2C1=O)NCC1(c2cccc(Br)c2)CCC1. The van der Waals surface area contributed by atoms with Crippen LogP contribution in [0.2, 0.25) is 0 Å². The Hall–Kier alpha value is -2.47. The number of amides is 3. The van der Waals surface area contributed by atoms with Crippen LogP contribution in [0, 0.1) is 0 Å². The molecule has 2 aromatic carbocycles. The zero-order valence-electron chi connectivity index (χ0n) is 16.1. The second kappa shape index (κ2) is 8.11. The van der Waals surface area contributed by atoms with Crippen molar-refractivity contribution in [1.29, 1.82) is 0 Å². The number of hydrogen-bond donors (Lipinski definition) is 1. The molecular formula is C23H23BrN2O3. The molecule has 0 unspecified atom stereocenters. The number of imide groups is 1. The first-order chi connectivity index (χ1) is 14.0. The molecule has 29 heavy (non-hydrogen) atoms. The maximum absolute atomic E-state index is 12.4. The quantitative estimate of drug-likeness (QED) is 0.641. The number of fused-ring (bicyclic) bond motifs is 1. The molecule has 1 saturated carbocycles.